The number of aliphatic hydroxyl groups is 2. The van der Waals surface area contributed by atoms with Gasteiger partial charge in [-0.1, -0.05) is 0 Å². The third-order valence-electron chi connectivity index (χ3n) is 7.07. The van der Waals surface area contributed by atoms with Crippen LogP contribution in [0.4, 0.5) is 0 Å². The van der Waals surface area contributed by atoms with Crippen molar-refractivity contribution in [2.45, 2.75) is 44.9 Å². The first-order valence-corrected chi connectivity index (χ1v) is 21.7. The molecule has 0 aliphatic carbocycles. The summed E-state index contributed by atoms with van der Waals surface area (Å²) in [6.07, 6.45) is -0.511. The van der Waals surface area contributed by atoms with Crippen LogP contribution in [-0.4, -0.2) is 112 Å². The first-order chi connectivity index (χ1) is 26.0. The molecular weight excluding hydrogens is 809 g/mol. The maximum Gasteiger partial charge on any atom is 0.335 e. The Hall–Kier alpha value is -4.22. The summed E-state index contributed by atoms with van der Waals surface area (Å²) in [5, 5.41) is 42.9. The molecule has 0 spiro atoms. The predicted octanol–water partition coefficient (Wildman–Crippen LogP) is 3.70. The number of aliphatic hydroxyl groups excluding tert-OH is 2. The van der Waals surface area contributed by atoms with Gasteiger partial charge in [0.05, 0.1) is 9.79 Å². The largest absolute Gasteiger partial charge is 0.479 e. The highest BCUT2D eigenvalue weighted by Gasteiger charge is 2.29. The Morgan fingerprint density at radius 3 is 1.14 bits per heavy atom. The molecule has 0 aliphatic heterocycles. The van der Waals surface area contributed by atoms with E-state index in [1.54, 1.807) is 47.8 Å². The van der Waals surface area contributed by atoms with Crippen molar-refractivity contribution < 1.29 is 56.3 Å². The van der Waals surface area contributed by atoms with Crippen molar-refractivity contribution in [2.75, 3.05) is 40.7 Å². The molecule has 0 fully saturated rings. The van der Waals surface area contributed by atoms with Crippen LogP contribution in [0.3, 0.4) is 0 Å². The number of benzene rings is 4. The van der Waals surface area contributed by atoms with Gasteiger partial charge in [-0.05, 0) is 126 Å². The molecule has 2 atom stereocenters. The highest BCUT2D eigenvalue weighted by molar-refractivity contribution is 7.98. The van der Waals surface area contributed by atoms with Crippen molar-refractivity contribution in [3.05, 3.63) is 96.1 Å². The maximum absolute atomic E-state index is 11.5. The number of hydrogen-bond donors (Lipinski definition) is 6. The normalized spacial score (nSPS) is 12.4. The molecule has 0 unspecified atom stereocenters. The van der Waals surface area contributed by atoms with Gasteiger partial charge in [0, 0.05) is 34.0 Å². The summed E-state index contributed by atoms with van der Waals surface area (Å²) >= 11 is 3.31. The Bertz CT molecular complexity index is 1980. The molecule has 0 saturated carbocycles. The quantitative estimate of drug-likeness (QED) is 0.0932. The van der Waals surface area contributed by atoms with Crippen LogP contribution in [-0.2, 0) is 42.7 Å². The zero-order chi connectivity index (χ0) is 42.4. The molecule has 4 aromatic rings. The number of hydrogen-bond acceptors (Lipinski definition) is 14. The van der Waals surface area contributed by atoms with Gasteiger partial charge < -0.3 is 39.7 Å². The highest BCUT2D eigenvalue weighted by atomic mass is 32.2. The number of rotatable bonds is 15. The van der Waals surface area contributed by atoms with Gasteiger partial charge in [-0.15, -0.1) is 23.5 Å². The maximum atomic E-state index is 11.5. The van der Waals surface area contributed by atoms with Gasteiger partial charge in [-0.25, -0.2) is 36.7 Å². The Balaban J connectivity index is 0.000000314. The van der Waals surface area contributed by atoms with Crippen molar-refractivity contribution in [1.82, 2.24) is 9.80 Å². The van der Waals surface area contributed by atoms with Crippen molar-refractivity contribution in [3.8, 4) is 23.0 Å². The number of sulfonamides is 2. The average Bonchev–Trinajstić information content (AvgIpc) is 3.12. The standard InChI is InChI=1S/2C16H20N2O3S2.C4H6O6/c2*1-18(2)11-12-10-15(23(17,19)20)8-9-16(12)21-13-4-6-14(22-3)7-5-13;5-1(3(7)8)2(6)4(9)10/h2*4-10H,11H2,1-3H3,(H2,17,19,20);1-2,5-6H,(H,7,8)(H,9,10)/t;;1-,2-/m..1/s1. The predicted molar refractivity (Wildman–Crippen MR) is 214 cm³/mol. The number of carboxylic acids is 2. The molecule has 4 rings (SSSR count). The van der Waals surface area contributed by atoms with Crippen LogP contribution in [0.2, 0.25) is 0 Å². The fourth-order valence-electron chi connectivity index (χ4n) is 4.40. The summed E-state index contributed by atoms with van der Waals surface area (Å²) in [5.41, 5.74) is 1.52. The second-order valence-electron chi connectivity index (χ2n) is 12.2. The Kier molecular flexibility index (Phi) is 18.8. The molecule has 20 heteroatoms. The summed E-state index contributed by atoms with van der Waals surface area (Å²) in [4.78, 5) is 25.9. The van der Waals surface area contributed by atoms with Gasteiger partial charge in [-0.3, -0.25) is 0 Å². The zero-order valence-electron chi connectivity index (χ0n) is 31.4. The van der Waals surface area contributed by atoms with Crippen molar-refractivity contribution >= 4 is 55.5 Å². The number of carboxylic acid groups (broad SMARTS) is 2. The lowest BCUT2D eigenvalue weighted by Crippen LogP contribution is -2.39. The molecule has 306 valence electrons. The monoisotopic (exact) mass is 854 g/mol. The number of nitrogens with zero attached hydrogens (tertiary/aromatic N) is 2. The summed E-state index contributed by atoms with van der Waals surface area (Å²) in [7, 11) is 0.141. The van der Waals surface area contributed by atoms with E-state index in [0.717, 1.165) is 20.9 Å². The van der Waals surface area contributed by atoms with Crippen molar-refractivity contribution in [2.24, 2.45) is 10.3 Å². The fraction of sp³-hybridized carbons (Fsp3) is 0.278. The van der Waals surface area contributed by atoms with Gasteiger partial charge in [0.1, 0.15) is 23.0 Å². The van der Waals surface area contributed by atoms with Crippen LogP contribution >= 0.6 is 23.5 Å². The average molecular weight is 855 g/mol. The minimum absolute atomic E-state index is 0.0828. The number of carbonyl (C=O) groups is 2. The molecule has 0 bridgehead atoms. The van der Waals surface area contributed by atoms with E-state index >= 15 is 0 Å². The van der Waals surface area contributed by atoms with Crippen molar-refractivity contribution in [1.29, 1.82) is 0 Å². The van der Waals surface area contributed by atoms with E-state index in [2.05, 4.69) is 0 Å². The van der Waals surface area contributed by atoms with Gasteiger partial charge in [0.2, 0.25) is 20.0 Å². The molecular formula is C36H46N4O12S4. The zero-order valence-corrected chi connectivity index (χ0v) is 34.7. The summed E-state index contributed by atoms with van der Waals surface area (Å²) < 4.78 is 57.9. The first kappa shape index (κ1) is 47.9. The summed E-state index contributed by atoms with van der Waals surface area (Å²) in [6.45, 7) is 1.09. The third-order valence-corrected chi connectivity index (χ3v) is 10.4. The van der Waals surface area contributed by atoms with Gasteiger partial charge in [0.25, 0.3) is 0 Å². The lowest BCUT2D eigenvalue weighted by Gasteiger charge is -2.16. The lowest BCUT2D eigenvalue weighted by atomic mass is 10.2. The van der Waals surface area contributed by atoms with Crippen LogP contribution in [0.15, 0.2) is 105 Å². The van der Waals surface area contributed by atoms with Gasteiger partial charge >= 0.3 is 11.9 Å². The first-order valence-electron chi connectivity index (χ1n) is 16.1. The number of thioether (sulfide) groups is 2. The smallest absolute Gasteiger partial charge is 0.335 e. The van der Waals surface area contributed by atoms with E-state index in [1.165, 1.54) is 12.1 Å². The lowest BCUT2D eigenvalue weighted by molar-refractivity contribution is -0.165. The summed E-state index contributed by atoms with van der Waals surface area (Å²) in [6, 6.07) is 24.8. The minimum Gasteiger partial charge on any atom is -0.479 e. The fourth-order valence-corrected chi connectivity index (χ4v) is 6.35. The van der Waals surface area contributed by atoms with E-state index in [0.29, 0.717) is 36.1 Å². The van der Waals surface area contributed by atoms with E-state index < -0.39 is 44.2 Å². The molecule has 4 aromatic carbocycles. The third kappa shape index (κ3) is 16.1. The van der Waals surface area contributed by atoms with E-state index in [4.69, 9.17) is 40.2 Å². The topological polar surface area (TPSA) is 260 Å². The molecule has 0 radical (unpaired) electrons. The molecule has 0 aliphatic rings. The molecule has 0 saturated heterocycles. The number of aliphatic carboxylic acids is 2. The van der Waals surface area contributed by atoms with Gasteiger partial charge in [0.15, 0.2) is 12.2 Å². The van der Waals surface area contributed by atoms with Crippen LogP contribution in [0.25, 0.3) is 0 Å². The summed E-state index contributed by atoms with van der Waals surface area (Å²) in [5.74, 6) is -0.909. The SMILES string of the molecule is CSc1ccc(Oc2ccc(S(N)(=O)=O)cc2CN(C)C)cc1.CSc1ccc(Oc2ccc(S(N)(=O)=O)cc2CN(C)C)cc1.O=C(O)[C@H](O)[C@@H](O)C(=O)O. The van der Waals surface area contributed by atoms with Crippen LogP contribution in [0.1, 0.15) is 11.1 Å². The Labute approximate surface area is 335 Å². The molecule has 8 N–H and O–H groups in total. The molecule has 0 amide bonds. The highest BCUT2D eigenvalue weighted by Crippen LogP contribution is 2.31. The second kappa shape index (κ2) is 21.9. The van der Waals surface area contributed by atoms with E-state index in [9.17, 15) is 26.4 Å². The molecule has 0 heterocycles. The molecule has 56 heavy (non-hydrogen) atoms. The number of nitrogens with two attached hydrogens (primary N) is 2. The number of primary sulfonamides is 2. The number of ether oxygens (including phenoxy) is 2. The molecule has 16 nitrogen and oxygen atoms in total. The van der Waals surface area contributed by atoms with E-state index in [-0.39, 0.29) is 9.79 Å². The van der Waals surface area contributed by atoms with E-state index in [1.807, 2.05) is 99.0 Å². The Morgan fingerprint density at radius 2 is 0.911 bits per heavy atom. The second-order valence-corrected chi connectivity index (χ2v) is 17.1. The molecule has 0 aromatic heterocycles. The van der Waals surface area contributed by atoms with Gasteiger partial charge in [-0.2, -0.15) is 0 Å². The van der Waals surface area contributed by atoms with Crippen LogP contribution < -0.4 is 19.8 Å². The van der Waals surface area contributed by atoms with Crippen LogP contribution in [0, 0.1) is 0 Å². The Morgan fingerprint density at radius 1 is 0.607 bits per heavy atom. The van der Waals surface area contributed by atoms with Crippen LogP contribution in [0.5, 0.6) is 23.0 Å². The minimum atomic E-state index is -3.74. The van der Waals surface area contributed by atoms with Crippen molar-refractivity contribution in [3.63, 3.8) is 0 Å².